The zero-order valence-corrected chi connectivity index (χ0v) is 18.3. The van der Waals surface area contributed by atoms with Gasteiger partial charge in [-0.2, -0.15) is 0 Å². The van der Waals surface area contributed by atoms with Crippen LogP contribution in [0.5, 0.6) is 0 Å². The van der Waals surface area contributed by atoms with Crippen LogP contribution in [0.25, 0.3) is 11.1 Å². The first-order chi connectivity index (χ1) is 14.1. The maximum absolute atomic E-state index is 15.2. The lowest BCUT2D eigenvalue weighted by Gasteiger charge is -2.28. The van der Waals surface area contributed by atoms with E-state index in [2.05, 4.69) is 5.32 Å². The summed E-state index contributed by atoms with van der Waals surface area (Å²) in [6.45, 7) is 7.69. The van der Waals surface area contributed by atoms with Crippen molar-refractivity contribution in [2.45, 2.75) is 45.8 Å². The summed E-state index contributed by atoms with van der Waals surface area (Å²) in [6, 6.07) is 11.0. The number of anilines is 1. The van der Waals surface area contributed by atoms with Crippen LogP contribution >= 0.6 is 11.6 Å². The van der Waals surface area contributed by atoms with Gasteiger partial charge in [-0.3, -0.25) is 9.69 Å². The van der Waals surface area contributed by atoms with Crippen LogP contribution in [0.4, 0.5) is 14.9 Å². The van der Waals surface area contributed by atoms with Gasteiger partial charge in [0.05, 0.1) is 5.69 Å². The van der Waals surface area contributed by atoms with E-state index in [1.807, 2.05) is 6.92 Å². The van der Waals surface area contributed by atoms with Crippen LogP contribution in [0.15, 0.2) is 42.5 Å². The second-order valence-corrected chi connectivity index (χ2v) is 9.03. The molecule has 30 heavy (non-hydrogen) atoms. The van der Waals surface area contributed by atoms with Crippen LogP contribution in [0.2, 0.25) is 5.02 Å². The number of carbonyl (C=O) groups is 2. The minimum Gasteiger partial charge on any atom is -0.444 e. The smallest absolute Gasteiger partial charge is 0.410 e. The van der Waals surface area contributed by atoms with Crippen molar-refractivity contribution in [1.82, 2.24) is 4.90 Å². The highest BCUT2D eigenvalue weighted by molar-refractivity contribution is 6.33. The van der Waals surface area contributed by atoms with Crippen molar-refractivity contribution in [1.29, 1.82) is 0 Å². The third-order valence-corrected chi connectivity index (χ3v) is 5.19. The number of rotatable bonds is 3. The molecule has 0 unspecified atom stereocenters. The second kappa shape index (κ2) is 8.64. The molecule has 1 aliphatic rings. The highest BCUT2D eigenvalue weighted by atomic mass is 35.5. The fourth-order valence-corrected chi connectivity index (χ4v) is 3.79. The van der Waals surface area contributed by atoms with Gasteiger partial charge in [0.25, 0.3) is 0 Å². The quantitative estimate of drug-likeness (QED) is 0.673. The van der Waals surface area contributed by atoms with Gasteiger partial charge >= 0.3 is 6.09 Å². The molecule has 1 saturated heterocycles. The molecule has 2 amide bonds. The maximum atomic E-state index is 15.2. The molecule has 0 bridgehead atoms. The van der Waals surface area contributed by atoms with Crippen molar-refractivity contribution in [3.8, 4) is 11.1 Å². The van der Waals surface area contributed by atoms with Gasteiger partial charge in [-0.15, -0.1) is 0 Å². The van der Waals surface area contributed by atoms with Crippen molar-refractivity contribution in [2.24, 2.45) is 5.92 Å². The Morgan fingerprint density at radius 2 is 1.80 bits per heavy atom. The third-order valence-electron chi connectivity index (χ3n) is 4.86. The first kappa shape index (κ1) is 22.1. The van der Waals surface area contributed by atoms with E-state index in [1.165, 1.54) is 11.0 Å². The molecule has 0 radical (unpaired) electrons. The number of nitrogens with one attached hydrogen (secondary N) is 1. The molecule has 1 aliphatic heterocycles. The first-order valence-corrected chi connectivity index (χ1v) is 10.3. The van der Waals surface area contributed by atoms with E-state index >= 15 is 4.39 Å². The lowest BCUT2D eigenvalue weighted by Crippen LogP contribution is -2.45. The van der Waals surface area contributed by atoms with Crippen molar-refractivity contribution >= 4 is 29.3 Å². The Morgan fingerprint density at radius 1 is 1.13 bits per heavy atom. The number of hydrogen-bond acceptors (Lipinski definition) is 3. The Kier molecular flexibility index (Phi) is 6.36. The van der Waals surface area contributed by atoms with E-state index in [9.17, 15) is 9.59 Å². The van der Waals surface area contributed by atoms with Crippen molar-refractivity contribution in [3.63, 3.8) is 0 Å². The topological polar surface area (TPSA) is 58.6 Å². The van der Waals surface area contributed by atoms with Crippen molar-refractivity contribution in [3.05, 3.63) is 53.3 Å². The fraction of sp³-hybridized carbons (Fsp3) is 0.391. The summed E-state index contributed by atoms with van der Waals surface area (Å²) >= 11 is 6.20. The molecule has 1 fully saturated rings. The van der Waals surface area contributed by atoms with Gasteiger partial charge in [0.15, 0.2) is 5.82 Å². The predicted molar refractivity (Wildman–Crippen MR) is 116 cm³/mol. The molecule has 0 spiro atoms. The number of benzene rings is 2. The third kappa shape index (κ3) is 4.93. The van der Waals surface area contributed by atoms with E-state index in [1.54, 1.807) is 57.2 Å². The average molecular weight is 433 g/mol. The van der Waals surface area contributed by atoms with E-state index < -0.39 is 29.5 Å². The van der Waals surface area contributed by atoms with Gasteiger partial charge in [0.1, 0.15) is 11.6 Å². The van der Waals surface area contributed by atoms with Crippen molar-refractivity contribution < 1.29 is 18.7 Å². The number of amides is 2. The molecule has 3 rings (SSSR count). The molecule has 0 aliphatic carbocycles. The Hall–Kier alpha value is -2.60. The minimum atomic E-state index is -0.724. The van der Waals surface area contributed by atoms with Gasteiger partial charge in [0.2, 0.25) is 5.91 Å². The first-order valence-electron chi connectivity index (χ1n) is 9.90. The number of halogens is 2. The standard InChI is InChI=1S/C23H26ClFN2O3/c1-14-12-19(27(13-14)22(29)30-23(2,3)4)21(28)26-18-11-7-9-16(20(18)25)15-8-5-6-10-17(15)24/h5-11,14,19H,12-13H2,1-4H3,(H,26,28)/t14-,19+/m1/s1. The highest BCUT2D eigenvalue weighted by Gasteiger charge is 2.40. The van der Waals surface area contributed by atoms with E-state index in [0.29, 0.717) is 29.1 Å². The molecular formula is C23H26ClFN2O3. The van der Waals surface area contributed by atoms with Gasteiger partial charge in [-0.05, 0) is 45.2 Å². The second-order valence-electron chi connectivity index (χ2n) is 8.63. The van der Waals surface area contributed by atoms with Gasteiger partial charge in [-0.1, -0.05) is 48.9 Å². The molecule has 160 valence electrons. The zero-order valence-electron chi connectivity index (χ0n) is 17.5. The summed E-state index contributed by atoms with van der Waals surface area (Å²) in [4.78, 5) is 26.9. The fourth-order valence-electron chi connectivity index (χ4n) is 3.55. The molecule has 0 saturated carbocycles. The number of ether oxygens (including phenoxy) is 1. The molecule has 0 aromatic heterocycles. The Bertz CT molecular complexity index is 958. The van der Waals surface area contributed by atoms with E-state index in [4.69, 9.17) is 16.3 Å². The predicted octanol–water partition coefficient (Wildman–Crippen LogP) is 5.73. The summed E-state index contributed by atoms with van der Waals surface area (Å²) < 4.78 is 20.6. The zero-order chi connectivity index (χ0) is 22.1. The SMILES string of the molecule is C[C@@H]1C[C@@H](C(=O)Nc2cccc(-c3ccccc3Cl)c2F)N(C(=O)OC(C)(C)C)C1. The van der Waals surface area contributed by atoms with Crippen LogP contribution in [0.3, 0.4) is 0 Å². The summed E-state index contributed by atoms with van der Waals surface area (Å²) in [5.74, 6) is -0.887. The molecule has 2 atom stereocenters. The molecule has 2 aromatic rings. The van der Waals surface area contributed by atoms with Gasteiger partial charge in [0, 0.05) is 22.7 Å². The van der Waals surface area contributed by atoms with Gasteiger partial charge < -0.3 is 10.1 Å². The minimum absolute atomic E-state index is 0.0427. The largest absolute Gasteiger partial charge is 0.444 e. The maximum Gasteiger partial charge on any atom is 0.410 e. The Balaban J connectivity index is 1.82. The lowest BCUT2D eigenvalue weighted by molar-refractivity contribution is -0.120. The van der Waals surface area contributed by atoms with Crippen LogP contribution in [0.1, 0.15) is 34.1 Å². The lowest BCUT2D eigenvalue weighted by atomic mass is 10.0. The Labute approximate surface area is 181 Å². The monoisotopic (exact) mass is 432 g/mol. The van der Waals surface area contributed by atoms with E-state index in [-0.39, 0.29) is 11.6 Å². The Morgan fingerprint density at radius 3 is 2.47 bits per heavy atom. The molecule has 1 N–H and O–H groups in total. The van der Waals surface area contributed by atoms with Crippen LogP contribution in [-0.2, 0) is 9.53 Å². The summed E-state index contributed by atoms with van der Waals surface area (Å²) in [6.07, 6.45) is -0.0611. The number of hydrogen-bond donors (Lipinski definition) is 1. The molecule has 1 heterocycles. The normalized spacial score (nSPS) is 18.9. The highest BCUT2D eigenvalue weighted by Crippen LogP contribution is 2.33. The summed E-state index contributed by atoms with van der Waals surface area (Å²) in [5.41, 5.74) is 0.209. The molecular weight excluding hydrogens is 407 g/mol. The summed E-state index contributed by atoms with van der Waals surface area (Å²) in [5, 5.41) is 3.06. The molecule has 5 nitrogen and oxygen atoms in total. The number of nitrogens with zero attached hydrogens (tertiary/aromatic N) is 1. The molecule has 7 heteroatoms. The summed E-state index contributed by atoms with van der Waals surface area (Å²) in [7, 11) is 0. The van der Waals surface area contributed by atoms with Crippen LogP contribution < -0.4 is 5.32 Å². The number of carbonyl (C=O) groups excluding carboxylic acids is 2. The molecule has 2 aromatic carbocycles. The average Bonchev–Trinajstić information content (AvgIpc) is 3.05. The van der Waals surface area contributed by atoms with Crippen LogP contribution in [-0.4, -0.2) is 35.1 Å². The van der Waals surface area contributed by atoms with Crippen LogP contribution in [0, 0.1) is 11.7 Å². The van der Waals surface area contributed by atoms with Crippen molar-refractivity contribution in [2.75, 3.05) is 11.9 Å². The number of likely N-dealkylation sites (tertiary alicyclic amines) is 1. The van der Waals surface area contributed by atoms with Gasteiger partial charge in [-0.25, -0.2) is 9.18 Å². The van der Waals surface area contributed by atoms with E-state index in [0.717, 1.165) is 0 Å².